The van der Waals surface area contributed by atoms with Crippen LogP contribution < -0.4 is 21.4 Å². The highest BCUT2D eigenvalue weighted by atomic mass is 16.4. The van der Waals surface area contributed by atoms with Gasteiger partial charge in [0.05, 0.1) is 29.2 Å². The standard InChI is InChI=1S/C21H22BN7O3/c1-28(2)18-12-25-21(29-17-8-4-7-15(19(23)30)16(17)11-26-29)27-20(18)24-10-13-5-3-6-14(9-13)22(31)32/h3-9,11-12,31-32H,10H2,1-2H3,(H2,23,30)(H,24,25,27). The second kappa shape index (κ2) is 8.65. The highest BCUT2D eigenvalue weighted by Crippen LogP contribution is 2.25. The Morgan fingerprint density at radius 1 is 1.19 bits per heavy atom. The molecule has 10 nitrogen and oxygen atoms in total. The van der Waals surface area contributed by atoms with Crippen LogP contribution in [0.5, 0.6) is 0 Å². The van der Waals surface area contributed by atoms with Gasteiger partial charge in [0, 0.05) is 26.0 Å². The Bertz CT molecular complexity index is 1290. The van der Waals surface area contributed by atoms with Crippen LogP contribution in [0.25, 0.3) is 16.9 Å². The normalized spacial score (nSPS) is 10.9. The average molecular weight is 431 g/mol. The fraction of sp³-hybridized carbons (Fsp3) is 0.143. The Hall–Kier alpha value is -3.96. The molecule has 0 spiro atoms. The molecule has 0 bridgehead atoms. The first-order valence-corrected chi connectivity index (χ1v) is 9.85. The monoisotopic (exact) mass is 431 g/mol. The van der Waals surface area contributed by atoms with E-state index in [0.29, 0.717) is 40.2 Å². The third kappa shape index (κ3) is 4.11. The van der Waals surface area contributed by atoms with Gasteiger partial charge in [0.1, 0.15) is 0 Å². The predicted octanol–water partition coefficient (Wildman–Crippen LogP) is 0.272. The van der Waals surface area contributed by atoms with Crippen molar-refractivity contribution in [2.45, 2.75) is 6.54 Å². The van der Waals surface area contributed by atoms with Gasteiger partial charge in [-0.15, -0.1) is 0 Å². The molecule has 5 N–H and O–H groups in total. The Labute approximate surface area is 184 Å². The van der Waals surface area contributed by atoms with Gasteiger partial charge in [-0.3, -0.25) is 4.79 Å². The average Bonchev–Trinajstić information content (AvgIpc) is 3.21. The summed E-state index contributed by atoms with van der Waals surface area (Å²) in [5.74, 6) is 0.371. The van der Waals surface area contributed by atoms with Gasteiger partial charge in [-0.25, -0.2) is 4.98 Å². The summed E-state index contributed by atoms with van der Waals surface area (Å²) in [6.07, 6.45) is 3.25. The quantitative estimate of drug-likeness (QED) is 0.306. The molecular weight excluding hydrogens is 409 g/mol. The summed E-state index contributed by atoms with van der Waals surface area (Å²) in [6, 6.07) is 12.2. The lowest BCUT2D eigenvalue weighted by Crippen LogP contribution is -2.30. The van der Waals surface area contributed by atoms with Gasteiger partial charge in [0.2, 0.25) is 5.91 Å². The summed E-state index contributed by atoms with van der Waals surface area (Å²) in [7, 11) is 2.24. The number of aromatic nitrogens is 4. The zero-order chi connectivity index (χ0) is 22.8. The summed E-state index contributed by atoms with van der Waals surface area (Å²) in [5.41, 5.74) is 8.55. The van der Waals surface area contributed by atoms with E-state index in [9.17, 15) is 14.8 Å². The third-order valence-electron chi connectivity index (χ3n) is 5.02. The molecular formula is C21H22BN7O3. The number of nitrogens with zero attached hydrogens (tertiary/aromatic N) is 5. The van der Waals surface area contributed by atoms with Crippen LogP contribution in [-0.2, 0) is 6.54 Å². The molecule has 0 aliphatic rings. The second-order valence-electron chi connectivity index (χ2n) is 7.43. The first kappa shape index (κ1) is 21.3. The number of rotatable bonds is 7. The molecule has 0 aliphatic heterocycles. The first-order chi connectivity index (χ1) is 15.3. The van der Waals surface area contributed by atoms with E-state index in [4.69, 9.17) is 5.73 Å². The molecule has 2 heterocycles. The minimum absolute atomic E-state index is 0.328. The van der Waals surface area contributed by atoms with Crippen molar-refractivity contribution >= 4 is 40.9 Å². The van der Waals surface area contributed by atoms with E-state index in [1.165, 1.54) is 0 Å². The minimum Gasteiger partial charge on any atom is -0.423 e. The molecule has 4 aromatic rings. The highest BCUT2D eigenvalue weighted by molar-refractivity contribution is 6.58. The largest absolute Gasteiger partial charge is 0.488 e. The number of primary amides is 1. The Kier molecular flexibility index (Phi) is 5.76. The fourth-order valence-corrected chi connectivity index (χ4v) is 3.40. The van der Waals surface area contributed by atoms with E-state index in [-0.39, 0.29) is 0 Å². The number of hydrogen-bond donors (Lipinski definition) is 4. The lowest BCUT2D eigenvalue weighted by atomic mass is 9.80. The summed E-state index contributed by atoms with van der Waals surface area (Å²) in [6.45, 7) is 0.406. The number of hydrogen-bond acceptors (Lipinski definition) is 8. The van der Waals surface area contributed by atoms with Gasteiger partial charge in [-0.1, -0.05) is 30.3 Å². The van der Waals surface area contributed by atoms with E-state index >= 15 is 0 Å². The molecule has 11 heteroatoms. The van der Waals surface area contributed by atoms with E-state index in [1.807, 2.05) is 31.1 Å². The van der Waals surface area contributed by atoms with Crippen molar-refractivity contribution in [1.82, 2.24) is 19.7 Å². The van der Waals surface area contributed by atoms with Crippen LogP contribution in [0.1, 0.15) is 15.9 Å². The SMILES string of the molecule is CN(C)c1cnc(-n2ncc3c(C(N)=O)cccc32)nc1NCc1cccc(B(O)O)c1. The highest BCUT2D eigenvalue weighted by Gasteiger charge is 2.16. The Morgan fingerprint density at radius 2 is 1.97 bits per heavy atom. The zero-order valence-electron chi connectivity index (χ0n) is 17.6. The number of fused-ring (bicyclic) bond motifs is 1. The number of anilines is 2. The Morgan fingerprint density at radius 3 is 2.69 bits per heavy atom. The molecule has 0 aliphatic carbocycles. The summed E-state index contributed by atoms with van der Waals surface area (Å²) >= 11 is 0. The number of carbonyl (C=O) groups is 1. The van der Waals surface area contributed by atoms with Crippen LogP contribution in [0.4, 0.5) is 11.5 Å². The van der Waals surface area contributed by atoms with Crippen LogP contribution in [0, 0.1) is 0 Å². The smallest absolute Gasteiger partial charge is 0.423 e. The number of amides is 1. The van der Waals surface area contributed by atoms with Crippen molar-refractivity contribution in [3.8, 4) is 5.95 Å². The predicted molar refractivity (Wildman–Crippen MR) is 123 cm³/mol. The second-order valence-corrected chi connectivity index (χ2v) is 7.43. The molecule has 0 atom stereocenters. The van der Waals surface area contributed by atoms with Crippen LogP contribution in [-0.4, -0.2) is 56.9 Å². The summed E-state index contributed by atoms with van der Waals surface area (Å²) in [4.78, 5) is 22.7. The van der Waals surface area contributed by atoms with Gasteiger partial charge in [-0.2, -0.15) is 14.8 Å². The molecule has 1 amide bonds. The van der Waals surface area contributed by atoms with Gasteiger partial charge in [0.15, 0.2) is 5.82 Å². The summed E-state index contributed by atoms with van der Waals surface area (Å²) < 4.78 is 1.55. The lowest BCUT2D eigenvalue weighted by Gasteiger charge is -2.18. The molecule has 32 heavy (non-hydrogen) atoms. The fourth-order valence-electron chi connectivity index (χ4n) is 3.40. The molecule has 4 rings (SSSR count). The van der Waals surface area contributed by atoms with Crippen molar-refractivity contribution in [3.05, 3.63) is 66.0 Å². The zero-order valence-corrected chi connectivity index (χ0v) is 17.6. The number of nitrogens with two attached hydrogens (primary N) is 1. The van der Waals surface area contributed by atoms with Crippen molar-refractivity contribution in [3.63, 3.8) is 0 Å². The number of benzene rings is 2. The van der Waals surface area contributed by atoms with Crippen LogP contribution in [0.15, 0.2) is 54.9 Å². The third-order valence-corrected chi connectivity index (χ3v) is 5.02. The van der Waals surface area contributed by atoms with Gasteiger partial charge >= 0.3 is 7.12 Å². The van der Waals surface area contributed by atoms with Gasteiger partial charge in [0.25, 0.3) is 5.95 Å². The maximum atomic E-state index is 11.7. The maximum absolute atomic E-state index is 11.7. The van der Waals surface area contributed by atoms with Crippen molar-refractivity contribution in [2.24, 2.45) is 5.73 Å². The van der Waals surface area contributed by atoms with E-state index in [2.05, 4.69) is 20.4 Å². The van der Waals surface area contributed by atoms with Crippen molar-refractivity contribution < 1.29 is 14.8 Å². The van der Waals surface area contributed by atoms with Crippen LogP contribution in [0.3, 0.4) is 0 Å². The molecule has 0 fully saturated rings. The molecule has 162 valence electrons. The molecule has 2 aromatic carbocycles. The van der Waals surface area contributed by atoms with E-state index < -0.39 is 13.0 Å². The van der Waals surface area contributed by atoms with Crippen LogP contribution in [0.2, 0.25) is 0 Å². The van der Waals surface area contributed by atoms with Crippen molar-refractivity contribution in [2.75, 3.05) is 24.3 Å². The molecule has 0 saturated heterocycles. The lowest BCUT2D eigenvalue weighted by molar-refractivity contribution is 0.100. The summed E-state index contributed by atoms with van der Waals surface area (Å²) in [5, 5.41) is 27.1. The molecule has 0 unspecified atom stereocenters. The van der Waals surface area contributed by atoms with E-state index in [1.54, 1.807) is 47.4 Å². The van der Waals surface area contributed by atoms with Crippen LogP contribution >= 0.6 is 0 Å². The maximum Gasteiger partial charge on any atom is 0.488 e. The topological polar surface area (TPSA) is 142 Å². The number of nitrogens with one attached hydrogen (secondary N) is 1. The van der Waals surface area contributed by atoms with Crippen molar-refractivity contribution in [1.29, 1.82) is 0 Å². The first-order valence-electron chi connectivity index (χ1n) is 9.85. The molecule has 0 radical (unpaired) electrons. The van der Waals surface area contributed by atoms with Gasteiger partial charge in [-0.05, 0) is 23.2 Å². The minimum atomic E-state index is -1.53. The number of carbonyl (C=O) groups excluding carboxylic acids is 1. The molecule has 2 aromatic heterocycles. The van der Waals surface area contributed by atoms with Gasteiger partial charge < -0.3 is 26.0 Å². The van der Waals surface area contributed by atoms with E-state index in [0.717, 1.165) is 11.3 Å². The Balaban J connectivity index is 1.70. The molecule has 0 saturated carbocycles.